The number of hydrogen-bond donors (Lipinski definition) is 1. The number of sulfonamides is 1. The number of anilines is 1. The monoisotopic (exact) mass is 591 g/mol. The molecule has 3 aromatic rings. The zero-order valence-electron chi connectivity index (χ0n) is 21.9. The van der Waals surface area contributed by atoms with Gasteiger partial charge in [-0.3, -0.25) is 13.9 Å². The number of nitrogens with one attached hydrogen (secondary N) is 1. The first-order valence-electron chi connectivity index (χ1n) is 12.3. The fourth-order valence-electron chi connectivity index (χ4n) is 3.88. The van der Waals surface area contributed by atoms with Crippen LogP contribution in [0, 0.1) is 0 Å². The van der Waals surface area contributed by atoms with Gasteiger partial charge < -0.3 is 15.0 Å². The van der Waals surface area contributed by atoms with Crippen LogP contribution in [-0.2, 0) is 26.2 Å². The third-order valence-corrected chi connectivity index (χ3v) is 8.17. The van der Waals surface area contributed by atoms with Crippen LogP contribution in [0.2, 0.25) is 10.0 Å². The van der Waals surface area contributed by atoms with E-state index in [4.69, 9.17) is 27.9 Å². The van der Waals surface area contributed by atoms with E-state index in [1.165, 1.54) is 42.3 Å². The lowest BCUT2D eigenvalue weighted by Gasteiger charge is -2.32. The maximum absolute atomic E-state index is 13.9. The van der Waals surface area contributed by atoms with Crippen LogP contribution >= 0.6 is 23.2 Å². The number of nitrogens with zero attached hydrogens (tertiary/aromatic N) is 2. The summed E-state index contributed by atoms with van der Waals surface area (Å²) >= 11 is 12.4. The van der Waals surface area contributed by atoms with E-state index in [-0.39, 0.29) is 33.1 Å². The Labute approximate surface area is 239 Å². The normalized spacial score (nSPS) is 11.9. The van der Waals surface area contributed by atoms with Crippen LogP contribution in [0.3, 0.4) is 0 Å². The van der Waals surface area contributed by atoms with Gasteiger partial charge in [0.1, 0.15) is 18.3 Å². The number of ether oxygens (including phenoxy) is 1. The second kappa shape index (κ2) is 13.7. The SMILES string of the molecule is CCCNC(=O)[C@H](C)N(Cc1cccc(OC)c1)C(=O)CN(c1cc(Cl)cc(Cl)c1)S(=O)(=O)c1ccccc1. The van der Waals surface area contributed by atoms with Gasteiger partial charge in [0, 0.05) is 23.1 Å². The van der Waals surface area contributed by atoms with Crippen LogP contribution < -0.4 is 14.4 Å². The van der Waals surface area contributed by atoms with Gasteiger partial charge in [-0.15, -0.1) is 0 Å². The molecule has 2 amide bonds. The fourth-order valence-corrected chi connectivity index (χ4v) is 5.81. The van der Waals surface area contributed by atoms with E-state index in [1.54, 1.807) is 49.4 Å². The second-order valence-electron chi connectivity index (χ2n) is 8.79. The molecule has 3 rings (SSSR count). The Morgan fingerprint density at radius 1 is 0.974 bits per heavy atom. The molecule has 0 aromatic heterocycles. The van der Waals surface area contributed by atoms with Gasteiger partial charge in [-0.2, -0.15) is 0 Å². The smallest absolute Gasteiger partial charge is 0.264 e. The highest BCUT2D eigenvalue weighted by atomic mass is 35.5. The molecule has 0 fully saturated rings. The fraction of sp³-hybridized carbons (Fsp3) is 0.286. The van der Waals surface area contributed by atoms with Gasteiger partial charge in [-0.1, -0.05) is 60.5 Å². The van der Waals surface area contributed by atoms with Gasteiger partial charge >= 0.3 is 0 Å². The molecule has 0 aliphatic heterocycles. The van der Waals surface area contributed by atoms with Gasteiger partial charge in [0.05, 0.1) is 17.7 Å². The van der Waals surface area contributed by atoms with Crippen molar-refractivity contribution in [3.63, 3.8) is 0 Å². The molecule has 208 valence electrons. The lowest BCUT2D eigenvalue weighted by molar-refractivity contribution is -0.139. The highest BCUT2D eigenvalue weighted by Gasteiger charge is 2.32. The van der Waals surface area contributed by atoms with Crippen LogP contribution in [0.5, 0.6) is 5.75 Å². The number of carbonyl (C=O) groups excluding carboxylic acids is 2. The van der Waals surface area contributed by atoms with Gasteiger partial charge in [0.15, 0.2) is 0 Å². The maximum atomic E-state index is 13.9. The van der Waals surface area contributed by atoms with E-state index < -0.39 is 28.5 Å². The molecule has 0 saturated heterocycles. The van der Waals surface area contributed by atoms with Gasteiger partial charge in [-0.25, -0.2) is 8.42 Å². The van der Waals surface area contributed by atoms with E-state index in [1.807, 2.05) is 6.92 Å². The topological polar surface area (TPSA) is 96.0 Å². The molecule has 39 heavy (non-hydrogen) atoms. The molecule has 1 atom stereocenters. The Morgan fingerprint density at radius 2 is 1.64 bits per heavy atom. The van der Waals surface area contributed by atoms with E-state index >= 15 is 0 Å². The Balaban J connectivity index is 2.04. The van der Waals surface area contributed by atoms with Crippen molar-refractivity contribution in [1.29, 1.82) is 0 Å². The molecule has 1 N–H and O–H groups in total. The third kappa shape index (κ3) is 7.88. The summed E-state index contributed by atoms with van der Waals surface area (Å²) in [6.45, 7) is 3.43. The van der Waals surface area contributed by atoms with Crippen molar-refractivity contribution in [3.8, 4) is 5.75 Å². The molecule has 11 heteroatoms. The average Bonchev–Trinajstić information content (AvgIpc) is 2.92. The molecule has 0 heterocycles. The first kappa shape index (κ1) is 30.3. The molecule has 3 aromatic carbocycles. The lowest BCUT2D eigenvalue weighted by Crippen LogP contribution is -2.51. The molecule has 0 radical (unpaired) electrons. The molecule has 0 aliphatic rings. The number of benzene rings is 3. The average molecular weight is 593 g/mol. The Bertz CT molecular complexity index is 1380. The first-order chi connectivity index (χ1) is 18.6. The summed E-state index contributed by atoms with van der Waals surface area (Å²) in [6.07, 6.45) is 0.723. The predicted molar refractivity (Wildman–Crippen MR) is 154 cm³/mol. The molecular weight excluding hydrogens is 561 g/mol. The number of halogens is 2. The summed E-state index contributed by atoms with van der Waals surface area (Å²) in [5, 5.41) is 3.22. The molecule has 0 spiro atoms. The number of carbonyl (C=O) groups is 2. The third-order valence-electron chi connectivity index (χ3n) is 5.95. The minimum atomic E-state index is -4.21. The molecule has 0 aliphatic carbocycles. The zero-order valence-corrected chi connectivity index (χ0v) is 24.3. The van der Waals surface area contributed by atoms with Crippen molar-refractivity contribution >= 4 is 50.7 Å². The number of methoxy groups -OCH3 is 1. The van der Waals surface area contributed by atoms with Crippen LogP contribution in [0.4, 0.5) is 5.69 Å². The summed E-state index contributed by atoms with van der Waals surface area (Å²) < 4.78 is 33.8. The number of hydrogen-bond acceptors (Lipinski definition) is 5. The molecule has 0 unspecified atom stereocenters. The summed E-state index contributed by atoms with van der Waals surface area (Å²) in [7, 11) is -2.68. The van der Waals surface area contributed by atoms with Gasteiger partial charge in [0.2, 0.25) is 11.8 Å². The van der Waals surface area contributed by atoms with Crippen molar-refractivity contribution in [1.82, 2.24) is 10.2 Å². The standard InChI is InChI=1S/C28H31Cl2N3O5S/c1-4-13-31-28(35)20(2)32(18-21-9-8-10-25(14-21)38-3)27(34)19-33(24-16-22(29)15-23(30)17-24)39(36,37)26-11-6-5-7-12-26/h5-12,14-17,20H,4,13,18-19H2,1-3H3,(H,31,35)/t20-/m0/s1. The van der Waals surface area contributed by atoms with Crippen LogP contribution in [0.25, 0.3) is 0 Å². The van der Waals surface area contributed by atoms with Crippen molar-refractivity contribution in [3.05, 3.63) is 88.4 Å². The predicted octanol–water partition coefficient (Wildman–Crippen LogP) is 5.14. The molecule has 0 saturated carbocycles. The quantitative estimate of drug-likeness (QED) is 0.314. The Hall–Kier alpha value is -3.27. The molecule has 8 nitrogen and oxygen atoms in total. The zero-order chi connectivity index (χ0) is 28.6. The van der Waals surface area contributed by atoms with Crippen molar-refractivity contribution in [2.45, 2.75) is 37.8 Å². The largest absolute Gasteiger partial charge is 0.497 e. The van der Waals surface area contributed by atoms with Crippen molar-refractivity contribution in [2.75, 3.05) is 24.5 Å². The highest BCUT2D eigenvalue weighted by Crippen LogP contribution is 2.30. The highest BCUT2D eigenvalue weighted by molar-refractivity contribution is 7.92. The summed E-state index contributed by atoms with van der Waals surface area (Å²) in [4.78, 5) is 28.2. The summed E-state index contributed by atoms with van der Waals surface area (Å²) in [5.74, 6) is -0.353. The Kier molecular flexibility index (Phi) is 10.6. The number of amides is 2. The van der Waals surface area contributed by atoms with Crippen LogP contribution in [0.15, 0.2) is 77.7 Å². The minimum Gasteiger partial charge on any atom is -0.497 e. The molecule has 0 bridgehead atoms. The number of rotatable bonds is 12. The maximum Gasteiger partial charge on any atom is 0.264 e. The van der Waals surface area contributed by atoms with Gasteiger partial charge in [-0.05, 0) is 61.4 Å². The lowest BCUT2D eigenvalue weighted by atomic mass is 10.1. The van der Waals surface area contributed by atoms with E-state index in [2.05, 4.69) is 5.32 Å². The van der Waals surface area contributed by atoms with E-state index in [0.29, 0.717) is 17.9 Å². The van der Waals surface area contributed by atoms with E-state index in [0.717, 1.165) is 10.7 Å². The summed E-state index contributed by atoms with van der Waals surface area (Å²) in [6, 6.07) is 18.3. The van der Waals surface area contributed by atoms with Gasteiger partial charge in [0.25, 0.3) is 10.0 Å². The Morgan fingerprint density at radius 3 is 2.26 bits per heavy atom. The second-order valence-corrected chi connectivity index (χ2v) is 11.5. The van der Waals surface area contributed by atoms with Crippen molar-refractivity contribution in [2.24, 2.45) is 0 Å². The summed E-state index contributed by atoms with van der Waals surface area (Å²) in [5.41, 5.74) is 0.829. The van der Waals surface area contributed by atoms with Crippen LogP contribution in [-0.4, -0.2) is 51.4 Å². The van der Waals surface area contributed by atoms with Crippen molar-refractivity contribution < 1.29 is 22.7 Å². The minimum absolute atomic E-state index is 0.0121. The molecular formula is C28H31Cl2N3O5S. The van der Waals surface area contributed by atoms with Crippen LogP contribution in [0.1, 0.15) is 25.8 Å². The van der Waals surface area contributed by atoms with E-state index in [9.17, 15) is 18.0 Å². The first-order valence-corrected chi connectivity index (χ1v) is 14.5.